The van der Waals surface area contributed by atoms with Gasteiger partial charge in [-0.25, -0.2) is 9.59 Å². The van der Waals surface area contributed by atoms with Crippen LogP contribution in [0.25, 0.3) is 0 Å². The third-order valence-corrected chi connectivity index (χ3v) is 1.14. The molecular formula is C7H8N2O4. The van der Waals surface area contributed by atoms with Crippen molar-refractivity contribution in [2.45, 2.75) is 13.0 Å². The lowest BCUT2D eigenvalue weighted by atomic mass is 10.3. The summed E-state index contributed by atoms with van der Waals surface area (Å²) in [4.78, 5) is 20.6. The smallest absolute Gasteiger partial charge is 0.337 e. The Bertz CT molecular complexity index is 275. The molecule has 0 aliphatic carbocycles. The minimum Gasteiger partial charge on any atom is -0.479 e. The fourth-order valence-electron chi connectivity index (χ4n) is 0.489. The number of aliphatic carboxylic acids is 2. The minimum atomic E-state index is -1.72. The molecular weight excluding hydrogens is 176 g/mol. The summed E-state index contributed by atoms with van der Waals surface area (Å²) in [5.74, 6) is -3.01. The predicted octanol–water partition coefficient (Wildman–Crippen LogP) is -0.459. The largest absolute Gasteiger partial charge is 0.479 e. The van der Waals surface area contributed by atoms with Gasteiger partial charge in [-0.3, -0.25) is 0 Å². The van der Waals surface area contributed by atoms with E-state index in [9.17, 15) is 9.59 Å². The molecule has 0 aromatic rings. The Labute approximate surface area is 74.1 Å². The summed E-state index contributed by atoms with van der Waals surface area (Å²) < 4.78 is 0. The summed E-state index contributed by atoms with van der Waals surface area (Å²) in [6.07, 6.45) is 1.05. The standard InChI is InChI=1S/C7H8N2O4/c1-4(2-8)3-9-5(6(10)11)7(12)13/h3,5,9H,1H3,(H,10,11)(H,12,13)/b4-3+. The van der Waals surface area contributed by atoms with Gasteiger partial charge in [0.2, 0.25) is 6.04 Å². The highest BCUT2D eigenvalue weighted by Gasteiger charge is 2.23. The quantitative estimate of drug-likeness (QED) is 0.402. The molecule has 0 saturated heterocycles. The third kappa shape index (κ3) is 3.76. The Hall–Kier alpha value is -2.03. The number of hydrogen-bond acceptors (Lipinski definition) is 4. The molecule has 13 heavy (non-hydrogen) atoms. The van der Waals surface area contributed by atoms with E-state index < -0.39 is 18.0 Å². The molecule has 0 unspecified atom stereocenters. The van der Waals surface area contributed by atoms with Gasteiger partial charge in [0.15, 0.2) is 0 Å². The third-order valence-electron chi connectivity index (χ3n) is 1.14. The van der Waals surface area contributed by atoms with Gasteiger partial charge < -0.3 is 15.5 Å². The van der Waals surface area contributed by atoms with Crippen molar-refractivity contribution in [1.82, 2.24) is 5.32 Å². The second kappa shape index (κ2) is 4.77. The monoisotopic (exact) mass is 184 g/mol. The summed E-state index contributed by atoms with van der Waals surface area (Å²) in [5.41, 5.74) is 0.201. The van der Waals surface area contributed by atoms with Gasteiger partial charge in [0, 0.05) is 11.8 Å². The predicted molar refractivity (Wildman–Crippen MR) is 41.6 cm³/mol. The number of hydrogen-bond donors (Lipinski definition) is 3. The summed E-state index contributed by atoms with van der Waals surface area (Å²) in [5, 5.41) is 27.1. The van der Waals surface area contributed by atoms with Crippen molar-refractivity contribution >= 4 is 11.9 Å². The van der Waals surface area contributed by atoms with Crippen molar-refractivity contribution in [3.05, 3.63) is 11.8 Å². The SMILES string of the molecule is C/C(C#N)=C\NC(C(=O)O)C(=O)O. The fourth-order valence-corrected chi connectivity index (χ4v) is 0.489. The van der Waals surface area contributed by atoms with E-state index in [1.165, 1.54) is 6.92 Å². The number of carboxylic acids is 2. The van der Waals surface area contributed by atoms with Crippen LogP contribution in [0.5, 0.6) is 0 Å². The van der Waals surface area contributed by atoms with E-state index in [4.69, 9.17) is 15.5 Å². The molecule has 0 saturated carbocycles. The number of allylic oxidation sites excluding steroid dienone is 1. The van der Waals surface area contributed by atoms with Crippen LogP contribution in [0.1, 0.15) is 6.92 Å². The van der Waals surface area contributed by atoms with E-state index in [1.807, 2.05) is 0 Å². The molecule has 0 aliphatic heterocycles. The zero-order valence-corrected chi connectivity index (χ0v) is 6.81. The molecule has 3 N–H and O–H groups in total. The second-order valence-electron chi connectivity index (χ2n) is 2.22. The zero-order chi connectivity index (χ0) is 10.4. The summed E-state index contributed by atoms with van der Waals surface area (Å²) >= 11 is 0. The maximum absolute atomic E-state index is 10.3. The Morgan fingerprint density at radius 1 is 1.46 bits per heavy atom. The van der Waals surface area contributed by atoms with Crippen LogP contribution in [-0.2, 0) is 9.59 Å². The fraction of sp³-hybridized carbons (Fsp3) is 0.286. The molecule has 0 rings (SSSR count). The highest BCUT2D eigenvalue weighted by Crippen LogP contribution is 1.89. The molecule has 6 heteroatoms. The maximum Gasteiger partial charge on any atom is 0.337 e. The van der Waals surface area contributed by atoms with Gasteiger partial charge in [0.05, 0.1) is 6.07 Å². The van der Waals surface area contributed by atoms with Gasteiger partial charge in [-0.2, -0.15) is 5.26 Å². The Morgan fingerprint density at radius 3 is 2.23 bits per heavy atom. The zero-order valence-electron chi connectivity index (χ0n) is 6.81. The van der Waals surface area contributed by atoms with E-state index in [2.05, 4.69) is 5.32 Å². The molecule has 0 radical (unpaired) electrons. The summed E-state index contributed by atoms with van der Waals surface area (Å²) in [6, 6.07) is -0.00829. The molecule has 70 valence electrons. The molecule has 0 heterocycles. The van der Waals surface area contributed by atoms with Crippen LogP contribution in [0.4, 0.5) is 0 Å². The molecule has 0 aromatic heterocycles. The number of nitrogens with one attached hydrogen (secondary N) is 1. The van der Waals surface area contributed by atoms with E-state index in [1.54, 1.807) is 6.07 Å². The molecule has 0 fully saturated rings. The van der Waals surface area contributed by atoms with Crippen LogP contribution in [0.15, 0.2) is 11.8 Å². The van der Waals surface area contributed by atoms with Crippen molar-refractivity contribution in [2.24, 2.45) is 0 Å². The average molecular weight is 184 g/mol. The van der Waals surface area contributed by atoms with E-state index >= 15 is 0 Å². The highest BCUT2D eigenvalue weighted by atomic mass is 16.4. The van der Waals surface area contributed by atoms with Gasteiger partial charge in [-0.05, 0) is 6.92 Å². The Kier molecular flexibility index (Phi) is 4.02. The first-order valence-corrected chi connectivity index (χ1v) is 3.27. The van der Waals surface area contributed by atoms with Gasteiger partial charge >= 0.3 is 11.9 Å². The first kappa shape index (κ1) is 11.0. The number of carboxylic acid groups (broad SMARTS) is 2. The van der Waals surface area contributed by atoms with Crippen molar-refractivity contribution in [2.75, 3.05) is 0 Å². The summed E-state index contributed by atoms with van der Waals surface area (Å²) in [7, 11) is 0. The highest BCUT2D eigenvalue weighted by molar-refractivity contribution is 5.97. The Balaban J connectivity index is 4.39. The lowest BCUT2D eigenvalue weighted by molar-refractivity contribution is -0.150. The van der Waals surface area contributed by atoms with E-state index in [0.717, 1.165) is 6.20 Å². The van der Waals surface area contributed by atoms with Gasteiger partial charge in [0.1, 0.15) is 0 Å². The van der Waals surface area contributed by atoms with Crippen LogP contribution >= 0.6 is 0 Å². The number of nitrogens with zero attached hydrogens (tertiary/aromatic N) is 1. The topological polar surface area (TPSA) is 110 Å². The van der Waals surface area contributed by atoms with Crippen molar-refractivity contribution < 1.29 is 19.8 Å². The van der Waals surface area contributed by atoms with Crippen molar-refractivity contribution in [1.29, 1.82) is 5.26 Å². The Morgan fingerprint density at radius 2 is 1.92 bits per heavy atom. The van der Waals surface area contributed by atoms with Crippen molar-refractivity contribution in [3.8, 4) is 6.07 Å². The van der Waals surface area contributed by atoms with Gasteiger partial charge in [-0.1, -0.05) is 0 Å². The number of carbonyl (C=O) groups is 2. The van der Waals surface area contributed by atoms with Gasteiger partial charge in [0.25, 0.3) is 0 Å². The summed E-state index contributed by atoms with van der Waals surface area (Å²) in [6.45, 7) is 1.42. The molecule has 0 bridgehead atoms. The number of rotatable bonds is 4. The lowest BCUT2D eigenvalue weighted by Gasteiger charge is -2.06. The molecule has 0 spiro atoms. The molecule has 6 nitrogen and oxygen atoms in total. The normalized spacial score (nSPS) is 10.7. The number of nitriles is 1. The van der Waals surface area contributed by atoms with E-state index in [0.29, 0.717) is 0 Å². The minimum absolute atomic E-state index is 0.201. The van der Waals surface area contributed by atoms with Gasteiger partial charge in [-0.15, -0.1) is 0 Å². The molecule has 0 amide bonds. The molecule has 0 atom stereocenters. The van der Waals surface area contributed by atoms with Crippen molar-refractivity contribution in [3.63, 3.8) is 0 Å². The van der Waals surface area contributed by atoms with Crippen LogP contribution in [0.2, 0.25) is 0 Å². The second-order valence-corrected chi connectivity index (χ2v) is 2.22. The van der Waals surface area contributed by atoms with Crippen LogP contribution in [-0.4, -0.2) is 28.2 Å². The average Bonchev–Trinajstić information content (AvgIpc) is 2.03. The molecule has 0 aliphatic rings. The van der Waals surface area contributed by atoms with Crippen LogP contribution in [0, 0.1) is 11.3 Å². The molecule has 0 aromatic carbocycles. The van der Waals surface area contributed by atoms with Crippen LogP contribution < -0.4 is 5.32 Å². The first-order chi connectivity index (χ1) is 5.99. The maximum atomic E-state index is 10.3. The first-order valence-electron chi connectivity index (χ1n) is 3.27. The van der Waals surface area contributed by atoms with E-state index in [-0.39, 0.29) is 5.57 Å². The lowest BCUT2D eigenvalue weighted by Crippen LogP contribution is -2.40. The van der Waals surface area contributed by atoms with Crippen LogP contribution in [0.3, 0.4) is 0 Å².